The minimum atomic E-state index is -0.599. The van der Waals surface area contributed by atoms with Gasteiger partial charge in [0, 0.05) is 24.9 Å². The molecule has 0 radical (unpaired) electrons. The minimum Gasteiger partial charge on any atom is -0.337 e. The van der Waals surface area contributed by atoms with E-state index >= 15 is 0 Å². The molecule has 0 N–H and O–H groups in total. The Morgan fingerprint density at radius 2 is 1.93 bits per heavy atom. The summed E-state index contributed by atoms with van der Waals surface area (Å²) < 4.78 is 21.3. The van der Waals surface area contributed by atoms with E-state index in [0.717, 1.165) is 31.2 Å². The van der Waals surface area contributed by atoms with Crippen molar-refractivity contribution in [3.05, 3.63) is 80.5 Å². The molecule has 1 saturated carbocycles. The molecule has 0 saturated heterocycles. The van der Waals surface area contributed by atoms with Gasteiger partial charge in [-0.15, -0.1) is 0 Å². The third kappa shape index (κ3) is 3.95. The van der Waals surface area contributed by atoms with Gasteiger partial charge in [-0.3, -0.25) is 14.2 Å². The third-order valence-electron chi connectivity index (χ3n) is 5.12. The first-order valence-electron chi connectivity index (χ1n) is 9.47. The Morgan fingerprint density at radius 1 is 1.11 bits per heavy atom. The average Bonchev–Trinajstić information content (AvgIpc) is 3.13. The molecule has 1 aliphatic rings. The van der Waals surface area contributed by atoms with E-state index in [2.05, 4.69) is 10.1 Å². The maximum absolute atomic E-state index is 13.3. The molecular formula is C20H21FN4O3. The van der Waals surface area contributed by atoms with Crippen molar-refractivity contribution >= 4 is 0 Å². The Bertz CT molecular complexity index is 1080. The van der Waals surface area contributed by atoms with Gasteiger partial charge in [0.1, 0.15) is 12.4 Å². The van der Waals surface area contributed by atoms with Crippen molar-refractivity contribution in [2.45, 2.75) is 51.1 Å². The highest BCUT2D eigenvalue weighted by molar-refractivity contribution is 5.19. The van der Waals surface area contributed by atoms with Gasteiger partial charge in [0.25, 0.3) is 0 Å². The van der Waals surface area contributed by atoms with Gasteiger partial charge in [-0.1, -0.05) is 36.6 Å². The second-order valence-corrected chi connectivity index (χ2v) is 7.15. The summed E-state index contributed by atoms with van der Waals surface area (Å²) in [4.78, 5) is 29.2. The van der Waals surface area contributed by atoms with E-state index in [1.165, 1.54) is 23.1 Å². The number of rotatable bonds is 5. The molecule has 1 fully saturated rings. The molecule has 0 atom stereocenters. The Balaban J connectivity index is 1.50. The SMILES string of the molecule is O=c1c(=O)n(C2CCCCC2)ccn1Cc1nc(Cc2cccc(F)c2)no1. The first kappa shape index (κ1) is 18.3. The molecule has 0 aliphatic heterocycles. The van der Waals surface area contributed by atoms with E-state index in [4.69, 9.17) is 4.52 Å². The number of hydrogen-bond donors (Lipinski definition) is 0. The van der Waals surface area contributed by atoms with Gasteiger partial charge in [-0.25, -0.2) is 4.39 Å². The Morgan fingerprint density at radius 3 is 2.71 bits per heavy atom. The smallest absolute Gasteiger partial charge is 0.316 e. The van der Waals surface area contributed by atoms with Gasteiger partial charge < -0.3 is 9.09 Å². The summed E-state index contributed by atoms with van der Waals surface area (Å²) in [5, 5.41) is 3.87. The molecule has 7 nitrogen and oxygen atoms in total. The number of nitrogens with zero attached hydrogens (tertiary/aromatic N) is 4. The lowest BCUT2D eigenvalue weighted by Gasteiger charge is -2.23. The third-order valence-corrected chi connectivity index (χ3v) is 5.12. The van der Waals surface area contributed by atoms with Gasteiger partial charge in [0.05, 0.1) is 0 Å². The van der Waals surface area contributed by atoms with Crippen LogP contribution in [0.4, 0.5) is 4.39 Å². The molecule has 1 aromatic carbocycles. The van der Waals surface area contributed by atoms with E-state index in [9.17, 15) is 14.0 Å². The second kappa shape index (κ2) is 7.92. The lowest BCUT2D eigenvalue weighted by Crippen LogP contribution is -2.42. The molecule has 2 heterocycles. The van der Waals surface area contributed by atoms with Crippen molar-refractivity contribution in [1.82, 2.24) is 19.3 Å². The predicted octanol–water partition coefficient (Wildman–Crippen LogP) is 2.68. The summed E-state index contributed by atoms with van der Waals surface area (Å²) in [6.45, 7) is 0.0235. The van der Waals surface area contributed by atoms with Gasteiger partial charge in [-0.2, -0.15) is 4.98 Å². The summed E-state index contributed by atoms with van der Waals surface area (Å²) >= 11 is 0. The van der Waals surface area contributed by atoms with Gasteiger partial charge in [0.2, 0.25) is 5.89 Å². The zero-order chi connectivity index (χ0) is 19.5. The first-order valence-corrected chi connectivity index (χ1v) is 9.47. The Hall–Kier alpha value is -3.03. The first-order chi connectivity index (χ1) is 13.6. The molecule has 146 valence electrons. The molecule has 0 bridgehead atoms. The number of hydrogen-bond acceptors (Lipinski definition) is 5. The summed E-state index contributed by atoms with van der Waals surface area (Å²) in [6, 6.07) is 6.27. The van der Waals surface area contributed by atoms with E-state index in [1.807, 2.05) is 0 Å². The monoisotopic (exact) mass is 384 g/mol. The van der Waals surface area contributed by atoms with Crippen molar-refractivity contribution < 1.29 is 8.91 Å². The van der Waals surface area contributed by atoms with Crippen LogP contribution in [-0.4, -0.2) is 19.3 Å². The summed E-state index contributed by atoms with van der Waals surface area (Å²) in [5.74, 6) is 0.291. The predicted molar refractivity (Wildman–Crippen MR) is 99.7 cm³/mol. The standard InChI is InChI=1S/C20H21FN4O3/c21-15-6-4-5-14(11-15)12-17-22-18(28-23-17)13-24-9-10-25(20(27)19(24)26)16-7-2-1-3-8-16/h4-6,9-11,16H,1-3,7-8,12-13H2. The highest BCUT2D eigenvalue weighted by Crippen LogP contribution is 2.26. The molecule has 0 spiro atoms. The molecule has 8 heteroatoms. The van der Waals surface area contributed by atoms with Crippen LogP contribution in [0.5, 0.6) is 0 Å². The summed E-state index contributed by atoms with van der Waals surface area (Å²) in [7, 11) is 0. The van der Waals surface area contributed by atoms with Crippen LogP contribution in [0.1, 0.15) is 55.4 Å². The van der Waals surface area contributed by atoms with Gasteiger partial charge in [-0.05, 0) is 30.5 Å². The average molecular weight is 384 g/mol. The van der Waals surface area contributed by atoms with Crippen LogP contribution in [0.2, 0.25) is 0 Å². The van der Waals surface area contributed by atoms with Crippen molar-refractivity contribution in [2.24, 2.45) is 0 Å². The van der Waals surface area contributed by atoms with Crippen molar-refractivity contribution in [3.63, 3.8) is 0 Å². The number of benzene rings is 1. The highest BCUT2D eigenvalue weighted by atomic mass is 19.1. The van der Waals surface area contributed by atoms with E-state index in [1.54, 1.807) is 29.1 Å². The van der Waals surface area contributed by atoms with E-state index in [-0.39, 0.29) is 24.3 Å². The molecule has 0 unspecified atom stereocenters. The van der Waals surface area contributed by atoms with Crippen molar-refractivity contribution in [1.29, 1.82) is 0 Å². The fourth-order valence-electron chi connectivity index (χ4n) is 3.69. The fraction of sp³-hybridized carbons (Fsp3) is 0.400. The molecule has 2 aromatic heterocycles. The molecule has 3 aromatic rings. The molecule has 28 heavy (non-hydrogen) atoms. The minimum absolute atomic E-state index is 0.0235. The molecule has 1 aliphatic carbocycles. The van der Waals surface area contributed by atoms with Gasteiger partial charge >= 0.3 is 11.1 Å². The summed E-state index contributed by atoms with van der Waals surface area (Å²) in [5.41, 5.74) is -0.397. The van der Waals surface area contributed by atoms with Crippen molar-refractivity contribution in [2.75, 3.05) is 0 Å². The second-order valence-electron chi connectivity index (χ2n) is 7.15. The summed E-state index contributed by atoms with van der Waals surface area (Å²) in [6.07, 6.45) is 8.77. The van der Waals surface area contributed by atoms with Crippen LogP contribution in [0.15, 0.2) is 50.8 Å². The van der Waals surface area contributed by atoms with Crippen LogP contribution >= 0.6 is 0 Å². The van der Waals surface area contributed by atoms with E-state index in [0.29, 0.717) is 12.2 Å². The fourth-order valence-corrected chi connectivity index (χ4v) is 3.69. The topological polar surface area (TPSA) is 82.9 Å². The van der Waals surface area contributed by atoms with Gasteiger partial charge in [0.15, 0.2) is 5.82 Å². The molecule has 0 amide bonds. The highest BCUT2D eigenvalue weighted by Gasteiger charge is 2.18. The maximum atomic E-state index is 13.3. The van der Waals surface area contributed by atoms with Crippen molar-refractivity contribution in [3.8, 4) is 0 Å². The number of aromatic nitrogens is 4. The van der Waals surface area contributed by atoms with Crippen LogP contribution in [-0.2, 0) is 13.0 Å². The quantitative estimate of drug-likeness (QED) is 0.632. The number of halogens is 1. The maximum Gasteiger partial charge on any atom is 0.316 e. The lowest BCUT2D eigenvalue weighted by molar-refractivity contribution is 0.339. The zero-order valence-corrected chi connectivity index (χ0v) is 15.4. The zero-order valence-electron chi connectivity index (χ0n) is 15.4. The normalized spacial score (nSPS) is 15.0. The molecule has 4 rings (SSSR count). The van der Waals surface area contributed by atoms with E-state index < -0.39 is 11.1 Å². The lowest BCUT2D eigenvalue weighted by atomic mass is 9.95. The Labute approximate surface area is 160 Å². The Kier molecular flexibility index (Phi) is 5.18. The van der Waals surface area contributed by atoms with Crippen LogP contribution in [0, 0.1) is 5.82 Å². The van der Waals surface area contributed by atoms with Crippen LogP contribution in [0.3, 0.4) is 0 Å². The largest absolute Gasteiger partial charge is 0.337 e. The molecular weight excluding hydrogens is 363 g/mol. The van der Waals surface area contributed by atoms with Crippen LogP contribution in [0.25, 0.3) is 0 Å². The van der Waals surface area contributed by atoms with Crippen LogP contribution < -0.4 is 11.1 Å².